The highest BCUT2D eigenvalue weighted by molar-refractivity contribution is 7.99. The lowest BCUT2D eigenvalue weighted by Gasteiger charge is -2.11. The van der Waals surface area contributed by atoms with Gasteiger partial charge in [-0.2, -0.15) is 4.68 Å². The molecule has 0 aromatic carbocycles. The Morgan fingerprint density at radius 1 is 1.09 bits per heavy atom. The maximum Gasteiger partial charge on any atom is 0.155 e. The molecule has 4 rings (SSSR count). The number of nitrogens with zero attached hydrogens (tertiary/aromatic N) is 5. The molecular formula is C17H17N5S. The molecule has 0 amide bonds. The van der Waals surface area contributed by atoms with Gasteiger partial charge in [0.1, 0.15) is 5.82 Å². The molecule has 1 fully saturated rings. The second-order valence-electron chi connectivity index (χ2n) is 5.63. The molecule has 0 aliphatic heterocycles. The van der Waals surface area contributed by atoms with Crippen LogP contribution in [0.5, 0.6) is 0 Å². The molecule has 1 aliphatic carbocycles. The Kier molecular flexibility index (Phi) is 3.83. The van der Waals surface area contributed by atoms with Gasteiger partial charge in [-0.05, 0) is 44.0 Å². The predicted octanol–water partition coefficient (Wildman–Crippen LogP) is 3.79. The van der Waals surface area contributed by atoms with Crippen LogP contribution in [-0.4, -0.2) is 24.7 Å². The maximum absolute atomic E-state index is 4.81. The Bertz CT molecular complexity index is 783. The van der Waals surface area contributed by atoms with Crippen LogP contribution in [0.15, 0.2) is 53.8 Å². The third-order valence-electron chi connectivity index (χ3n) is 3.76. The molecule has 116 valence electrons. The van der Waals surface area contributed by atoms with E-state index in [1.165, 1.54) is 12.8 Å². The predicted molar refractivity (Wildman–Crippen MR) is 89.6 cm³/mol. The molecule has 5 nitrogen and oxygen atoms in total. The van der Waals surface area contributed by atoms with Gasteiger partial charge in [0.15, 0.2) is 11.6 Å². The lowest BCUT2D eigenvalue weighted by molar-refractivity contribution is 0.762. The second kappa shape index (κ2) is 6.12. The third-order valence-corrected chi connectivity index (χ3v) is 4.80. The molecule has 0 spiro atoms. The zero-order valence-corrected chi connectivity index (χ0v) is 13.6. The van der Waals surface area contributed by atoms with Gasteiger partial charge >= 0.3 is 0 Å². The molecule has 3 heterocycles. The topological polar surface area (TPSA) is 56.5 Å². The zero-order chi connectivity index (χ0) is 15.6. The fourth-order valence-electron chi connectivity index (χ4n) is 2.42. The van der Waals surface area contributed by atoms with Crippen molar-refractivity contribution in [2.75, 3.05) is 0 Å². The lowest BCUT2D eigenvalue weighted by atomic mass is 10.4. The summed E-state index contributed by atoms with van der Waals surface area (Å²) < 4.78 is 1.88. The van der Waals surface area contributed by atoms with Gasteiger partial charge in [-0.15, -0.1) is 5.10 Å². The third kappa shape index (κ3) is 3.12. The quantitative estimate of drug-likeness (QED) is 0.669. The summed E-state index contributed by atoms with van der Waals surface area (Å²) in [5.41, 5.74) is 0. The summed E-state index contributed by atoms with van der Waals surface area (Å²) in [7, 11) is 0. The monoisotopic (exact) mass is 323 g/mol. The van der Waals surface area contributed by atoms with Crippen molar-refractivity contribution in [2.45, 2.75) is 36.0 Å². The Morgan fingerprint density at radius 2 is 1.87 bits per heavy atom. The average molecular weight is 323 g/mol. The van der Waals surface area contributed by atoms with E-state index in [0.29, 0.717) is 5.92 Å². The molecule has 23 heavy (non-hydrogen) atoms. The van der Waals surface area contributed by atoms with E-state index < -0.39 is 0 Å². The van der Waals surface area contributed by atoms with Crippen molar-refractivity contribution in [3.63, 3.8) is 0 Å². The van der Waals surface area contributed by atoms with Crippen molar-refractivity contribution in [3.05, 3.63) is 60.4 Å². The number of pyridine rings is 2. The summed E-state index contributed by atoms with van der Waals surface area (Å²) in [6, 6.07) is 11.8. The first kappa shape index (κ1) is 14.4. The van der Waals surface area contributed by atoms with Crippen molar-refractivity contribution in [3.8, 4) is 5.82 Å². The zero-order valence-electron chi connectivity index (χ0n) is 12.8. The van der Waals surface area contributed by atoms with Crippen LogP contribution in [0.25, 0.3) is 5.82 Å². The van der Waals surface area contributed by atoms with E-state index in [9.17, 15) is 0 Å². The molecule has 6 heteroatoms. The van der Waals surface area contributed by atoms with Crippen LogP contribution >= 0.6 is 11.8 Å². The van der Waals surface area contributed by atoms with Gasteiger partial charge in [0.05, 0.1) is 10.3 Å². The molecule has 1 atom stereocenters. The Labute approximate surface area is 139 Å². The van der Waals surface area contributed by atoms with Gasteiger partial charge in [-0.1, -0.05) is 23.9 Å². The van der Waals surface area contributed by atoms with E-state index in [1.807, 2.05) is 47.3 Å². The second-order valence-corrected chi connectivity index (χ2v) is 6.99. The lowest BCUT2D eigenvalue weighted by Crippen LogP contribution is -2.06. The number of aromatic nitrogens is 5. The molecule has 0 radical (unpaired) electrons. The van der Waals surface area contributed by atoms with E-state index in [0.717, 1.165) is 22.5 Å². The fourth-order valence-corrected chi connectivity index (χ4v) is 3.32. The standard InChI is InChI=1S/C17H17N5S/c1-12(23-15-7-3-5-11-19-15)17-20-16(13-8-9-13)21-22(17)14-6-2-4-10-18-14/h2-7,10-13H,8-9H2,1H3/t12-/m0/s1. The Morgan fingerprint density at radius 3 is 2.52 bits per heavy atom. The highest BCUT2D eigenvalue weighted by Crippen LogP contribution is 2.40. The first-order chi connectivity index (χ1) is 11.3. The summed E-state index contributed by atoms with van der Waals surface area (Å²) >= 11 is 1.69. The van der Waals surface area contributed by atoms with E-state index in [-0.39, 0.29) is 5.25 Å². The Balaban J connectivity index is 1.68. The SMILES string of the molecule is C[C@H](Sc1ccccn1)c1nc(C2CC2)nn1-c1ccccn1. The Hall–Kier alpha value is -2.21. The van der Waals surface area contributed by atoms with Crippen molar-refractivity contribution in [2.24, 2.45) is 0 Å². The largest absolute Gasteiger partial charge is 0.250 e. The van der Waals surface area contributed by atoms with E-state index in [4.69, 9.17) is 10.1 Å². The highest BCUT2D eigenvalue weighted by atomic mass is 32.2. The van der Waals surface area contributed by atoms with Gasteiger partial charge < -0.3 is 0 Å². The molecule has 1 aliphatic rings. The number of rotatable bonds is 5. The highest BCUT2D eigenvalue weighted by Gasteiger charge is 2.30. The first-order valence-corrected chi connectivity index (χ1v) is 8.65. The van der Waals surface area contributed by atoms with Crippen LogP contribution in [0.2, 0.25) is 0 Å². The van der Waals surface area contributed by atoms with Gasteiger partial charge in [0.25, 0.3) is 0 Å². The molecule has 0 saturated heterocycles. The van der Waals surface area contributed by atoms with Gasteiger partial charge in [-0.3, -0.25) is 0 Å². The molecule has 3 aromatic rings. The molecule has 1 saturated carbocycles. The summed E-state index contributed by atoms with van der Waals surface area (Å²) in [6.07, 6.45) is 5.98. The van der Waals surface area contributed by atoms with Crippen molar-refractivity contribution in [1.82, 2.24) is 24.7 Å². The fraction of sp³-hybridized carbons (Fsp3) is 0.294. The van der Waals surface area contributed by atoms with Crippen LogP contribution < -0.4 is 0 Å². The molecule has 3 aromatic heterocycles. The number of hydrogen-bond acceptors (Lipinski definition) is 5. The summed E-state index contributed by atoms with van der Waals surface area (Å²) in [5.74, 6) is 3.21. The maximum atomic E-state index is 4.81. The number of thioether (sulfide) groups is 1. The minimum Gasteiger partial charge on any atom is -0.250 e. The van der Waals surface area contributed by atoms with Gasteiger partial charge in [0.2, 0.25) is 0 Å². The van der Waals surface area contributed by atoms with E-state index in [1.54, 1.807) is 18.0 Å². The van der Waals surface area contributed by atoms with Crippen LogP contribution in [0.4, 0.5) is 0 Å². The number of hydrogen-bond donors (Lipinski definition) is 0. The summed E-state index contributed by atoms with van der Waals surface area (Å²) in [5, 5.41) is 5.85. The molecular weight excluding hydrogens is 306 g/mol. The van der Waals surface area contributed by atoms with Crippen molar-refractivity contribution in [1.29, 1.82) is 0 Å². The van der Waals surface area contributed by atoms with Crippen LogP contribution in [0.3, 0.4) is 0 Å². The van der Waals surface area contributed by atoms with Crippen molar-refractivity contribution < 1.29 is 0 Å². The minimum atomic E-state index is 0.145. The molecule has 0 N–H and O–H groups in total. The molecule has 0 unspecified atom stereocenters. The smallest absolute Gasteiger partial charge is 0.155 e. The molecule has 0 bridgehead atoms. The average Bonchev–Trinajstić information content (AvgIpc) is 3.35. The van der Waals surface area contributed by atoms with Crippen molar-refractivity contribution >= 4 is 11.8 Å². The summed E-state index contributed by atoms with van der Waals surface area (Å²) in [6.45, 7) is 2.14. The van der Waals surface area contributed by atoms with Gasteiger partial charge in [0, 0.05) is 18.3 Å². The van der Waals surface area contributed by atoms with Crippen LogP contribution in [0.1, 0.15) is 42.6 Å². The van der Waals surface area contributed by atoms with Gasteiger partial charge in [-0.25, -0.2) is 15.0 Å². The first-order valence-electron chi connectivity index (χ1n) is 7.77. The van der Waals surface area contributed by atoms with Crippen LogP contribution in [0, 0.1) is 0 Å². The van der Waals surface area contributed by atoms with E-state index >= 15 is 0 Å². The van der Waals surface area contributed by atoms with Crippen LogP contribution in [-0.2, 0) is 0 Å². The normalized spacial score (nSPS) is 15.5. The van der Waals surface area contributed by atoms with E-state index in [2.05, 4.69) is 16.9 Å². The summed E-state index contributed by atoms with van der Waals surface area (Å²) in [4.78, 5) is 13.6. The minimum absolute atomic E-state index is 0.145.